The Morgan fingerprint density at radius 3 is 1.71 bits per heavy atom. The first-order valence-electron chi connectivity index (χ1n) is 5.98. The van der Waals surface area contributed by atoms with Crippen LogP contribution in [0.15, 0.2) is 60.2 Å². The van der Waals surface area contributed by atoms with Crippen molar-refractivity contribution in [1.29, 1.82) is 0 Å². The van der Waals surface area contributed by atoms with Gasteiger partial charge in [-0.2, -0.15) is 0 Å². The quantitative estimate of drug-likeness (QED) is 0.657. The van der Waals surface area contributed by atoms with Gasteiger partial charge in [0.05, 0.1) is 0 Å². The van der Waals surface area contributed by atoms with E-state index in [1.807, 2.05) is 6.07 Å². The van der Waals surface area contributed by atoms with Gasteiger partial charge in [-0.15, -0.1) is 0 Å². The van der Waals surface area contributed by atoms with E-state index in [1.54, 1.807) is 0 Å². The second-order valence-electron chi connectivity index (χ2n) is 4.57. The lowest BCUT2D eigenvalue weighted by molar-refractivity contribution is 1.36. The van der Waals surface area contributed by atoms with E-state index in [0.29, 0.717) is 0 Å². The van der Waals surface area contributed by atoms with E-state index in [1.165, 1.54) is 27.8 Å². The SMILES string of the molecule is CC(C)=C(C)c1ccc(-c2ccccc2)cc1. The summed E-state index contributed by atoms with van der Waals surface area (Å²) in [6, 6.07) is 19.3. The molecule has 0 amide bonds. The van der Waals surface area contributed by atoms with Crippen molar-refractivity contribution in [2.24, 2.45) is 0 Å². The van der Waals surface area contributed by atoms with Crippen LogP contribution in [-0.2, 0) is 0 Å². The monoisotopic (exact) mass is 222 g/mol. The third-order valence-electron chi connectivity index (χ3n) is 3.18. The predicted octanol–water partition coefficient (Wildman–Crippen LogP) is 5.17. The number of hydrogen-bond acceptors (Lipinski definition) is 0. The molecule has 0 aliphatic carbocycles. The first kappa shape index (κ1) is 11.7. The first-order chi connectivity index (χ1) is 8.18. The Bertz CT molecular complexity index is 512. The lowest BCUT2D eigenvalue weighted by Crippen LogP contribution is -1.83. The van der Waals surface area contributed by atoms with E-state index in [4.69, 9.17) is 0 Å². The summed E-state index contributed by atoms with van der Waals surface area (Å²) in [5, 5.41) is 0. The lowest BCUT2D eigenvalue weighted by Gasteiger charge is -2.06. The molecule has 0 spiro atoms. The van der Waals surface area contributed by atoms with Crippen molar-refractivity contribution >= 4 is 5.57 Å². The maximum Gasteiger partial charge on any atom is -0.0184 e. The minimum absolute atomic E-state index is 1.27. The van der Waals surface area contributed by atoms with Crippen molar-refractivity contribution in [1.82, 2.24) is 0 Å². The lowest BCUT2D eigenvalue weighted by atomic mass is 9.99. The van der Waals surface area contributed by atoms with Crippen molar-refractivity contribution in [3.05, 3.63) is 65.7 Å². The van der Waals surface area contributed by atoms with Crippen LogP contribution in [0.4, 0.5) is 0 Å². The molecule has 0 heterocycles. The summed E-state index contributed by atoms with van der Waals surface area (Å²) < 4.78 is 0. The molecule has 0 nitrogen and oxygen atoms in total. The van der Waals surface area contributed by atoms with Gasteiger partial charge in [0.25, 0.3) is 0 Å². The Hall–Kier alpha value is -1.82. The Kier molecular flexibility index (Phi) is 3.43. The van der Waals surface area contributed by atoms with Crippen molar-refractivity contribution in [2.45, 2.75) is 20.8 Å². The molecular formula is C17H18. The minimum atomic E-state index is 1.27. The molecule has 0 fully saturated rings. The summed E-state index contributed by atoms with van der Waals surface area (Å²) >= 11 is 0. The molecule has 2 rings (SSSR count). The van der Waals surface area contributed by atoms with Crippen LogP contribution in [0.25, 0.3) is 16.7 Å². The topological polar surface area (TPSA) is 0 Å². The summed E-state index contributed by atoms with van der Waals surface area (Å²) in [4.78, 5) is 0. The Labute approximate surface area is 104 Å². The molecule has 0 unspecified atom stereocenters. The standard InChI is InChI=1S/C17H18/c1-13(2)14(3)15-9-11-17(12-10-15)16-7-5-4-6-8-16/h4-12H,1-3H3. The highest BCUT2D eigenvalue weighted by Crippen LogP contribution is 2.23. The molecule has 86 valence electrons. The molecular weight excluding hydrogens is 204 g/mol. The van der Waals surface area contributed by atoms with Gasteiger partial charge in [0.2, 0.25) is 0 Å². The van der Waals surface area contributed by atoms with Crippen LogP contribution in [0.3, 0.4) is 0 Å². The number of benzene rings is 2. The number of rotatable bonds is 2. The predicted molar refractivity (Wildman–Crippen MR) is 75.8 cm³/mol. The van der Waals surface area contributed by atoms with Crippen molar-refractivity contribution < 1.29 is 0 Å². The van der Waals surface area contributed by atoms with Gasteiger partial charge in [0.1, 0.15) is 0 Å². The molecule has 0 atom stereocenters. The van der Waals surface area contributed by atoms with E-state index in [-0.39, 0.29) is 0 Å². The van der Waals surface area contributed by atoms with Crippen LogP contribution < -0.4 is 0 Å². The third kappa shape index (κ3) is 2.65. The highest BCUT2D eigenvalue weighted by Gasteiger charge is 1.99. The highest BCUT2D eigenvalue weighted by molar-refractivity contribution is 5.70. The largest absolute Gasteiger partial charge is 0.0729 e. The van der Waals surface area contributed by atoms with Crippen LogP contribution in [0.1, 0.15) is 26.3 Å². The molecule has 0 saturated carbocycles. The Morgan fingerprint density at radius 1 is 0.647 bits per heavy atom. The molecule has 2 aromatic carbocycles. The van der Waals surface area contributed by atoms with Crippen molar-refractivity contribution in [3.63, 3.8) is 0 Å². The minimum Gasteiger partial charge on any atom is -0.0729 e. The van der Waals surface area contributed by atoms with Crippen molar-refractivity contribution in [3.8, 4) is 11.1 Å². The van der Waals surface area contributed by atoms with Crippen LogP contribution in [0.5, 0.6) is 0 Å². The van der Waals surface area contributed by atoms with E-state index in [0.717, 1.165) is 0 Å². The van der Waals surface area contributed by atoms with E-state index >= 15 is 0 Å². The van der Waals surface area contributed by atoms with Gasteiger partial charge in [0, 0.05) is 0 Å². The average molecular weight is 222 g/mol. The maximum absolute atomic E-state index is 2.20. The molecule has 0 saturated heterocycles. The average Bonchev–Trinajstić information content (AvgIpc) is 2.39. The maximum atomic E-state index is 2.20. The third-order valence-corrected chi connectivity index (χ3v) is 3.18. The van der Waals surface area contributed by atoms with Gasteiger partial charge < -0.3 is 0 Å². The normalized spacial score (nSPS) is 10.1. The summed E-state index contributed by atoms with van der Waals surface area (Å²) in [7, 11) is 0. The Balaban J connectivity index is 2.35. The highest BCUT2D eigenvalue weighted by atomic mass is 14.0. The fourth-order valence-corrected chi connectivity index (χ4v) is 1.83. The van der Waals surface area contributed by atoms with E-state index < -0.39 is 0 Å². The van der Waals surface area contributed by atoms with Gasteiger partial charge >= 0.3 is 0 Å². The van der Waals surface area contributed by atoms with Crippen LogP contribution in [-0.4, -0.2) is 0 Å². The molecule has 0 aliphatic rings. The molecule has 0 aliphatic heterocycles. The molecule has 0 aromatic heterocycles. The van der Waals surface area contributed by atoms with Crippen molar-refractivity contribution in [2.75, 3.05) is 0 Å². The molecule has 2 aromatic rings. The number of hydrogen-bond donors (Lipinski definition) is 0. The van der Waals surface area contributed by atoms with E-state index in [2.05, 4.69) is 69.3 Å². The Morgan fingerprint density at radius 2 is 1.18 bits per heavy atom. The molecule has 0 N–H and O–H groups in total. The summed E-state index contributed by atoms with van der Waals surface area (Å²) in [6.07, 6.45) is 0. The number of allylic oxidation sites excluding steroid dienone is 2. The van der Waals surface area contributed by atoms with Gasteiger partial charge in [-0.3, -0.25) is 0 Å². The zero-order valence-electron chi connectivity index (χ0n) is 10.7. The van der Waals surface area contributed by atoms with Crippen LogP contribution in [0.2, 0.25) is 0 Å². The molecule has 0 radical (unpaired) electrons. The van der Waals surface area contributed by atoms with Gasteiger partial charge in [0.15, 0.2) is 0 Å². The molecule has 0 heteroatoms. The summed E-state index contributed by atoms with van der Waals surface area (Å²) in [6.45, 7) is 6.48. The van der Waals surface area contributed by atoms with Gasteiger partial charge in [-0.25, -0.2) is 0 Å². The first-order valence-corrected chi connectivity index (χ1v) is 5.98. The molecule has 17 heavy (non-hydrogen) atoms. The van der Waals surface area contributed by atoms with Gasteiger partial charge in [-0.1, -0.05) is 60.2 Å². The summed E-state index contributed by atoms with van der Waals surface area (Å²) in [5.41, 5.74) is 6.59. The zero-order valence-corrected chi connectivity index (χ0v) is 10.7. The van der Waals surface area contributed by atoms with Crippen LogP contribution >= 0.6 is 0 Å². The van der Waals surface area contributed by atoms with E-state index in [9.17, 15) is 0 Å². The second kappa shape index (κ2) is 5.01. The molecule has 0 bridgehead atoms. The van der Waals surface area contributed by atoms with Crippen LogP contribution in [0, 0.1) is 0 Å². The zero-order chi connectivity index (χ0) is 12.3. The smallest absolute Gasteiger partial charge is 0.0184 e. The van der Waals surface area contributed by atoms with Gasteiger partial charge in [-0.05, 0) is 43.0 Å². The second-order valence-corrected chi connectivity index (χ2v) is 4.57. The summed E-state index contributed by atoms with van der Waals surface area (Å²) in [5.74, 6) is 0. The fraction of sp³-hybridized carbons (Fsp3) is 0.176. The fourth-order valence-electron chi connectivity index (χ4n) is 1.83.